The summed E-state index contributed by atoms with van der Waals surface area (Å²) in [5, 5.41) is 6.05. The van der Waals surface area contributed by atoms with E-state index in [2.05, 4.69) is 10.2 Å². The Bertz CT molecular complexity index is 158. The average molecular weight is 224 g/mol. The van der Waals surface area contributed by atoms with Gasteiger partial charge in [0.25, 0.3) is 11.8 Å². The van der Waals surface area contributed by atoms with Gasteiger partial charge in [0.15, 0.2) is 3.92 Å². The fourth-order valence-corrected chi connectivity index (χ4v) is 0.555. The van der Waals surface area contributed by atoms with Crippen LogP contribution in [0.1, 0.15) is 0 Å². The molecule has 0 atom stereocenters. The standard InChI is InChI=1S/C3HIN2O2/c4-1-2(7)5-6-3(1)8/h1H. The first-order valence-electron chi connectivity index (χ1n) is 1.85. The van der Waals surface area contributed by atoms with E-state index in [1.165, 1.54) is 0 Å². The molecule has 0 unspecified atom stereocenters. The molecule has 42 valence electrons. The molecular formula is C3HIN2O2. The molecule has 0 aromatic rings. The van der Waals surface area contributed by atoms with Crippen LogP contribution in [0.2, 0.25) is 0 Å². The van der Waals surface area contributed by atoms with Crippen LogP contribution >= 0.6 is 22.6 Å². The summed E-state index contributed by atoms with van der Waals surface area (Å²) in [5.74, 6) is -0.897. The van der Waals surface area contributed by atoms with Gasteiger partial charge in [-0.1, -0.05) is 22.6 Å². The van der Waals surface area contributed by atoms with Crippen molar-refractivity contribution in [2.24, 2.45) is 10.2 Å². The van der Waals surface area contributed by atoms with Crippen molar-refractivity contribution >= 4 is 34.4 Å². The highest BCUT2D eigenvalue weighted by molar-refractivity contribution is 14.1. The van der Waals surface area contributed by atoms with Gasteiger partial charge in [-0.3, -0.25) is 9.59 Å². The molecule has 1 heterocycles. The maximum absolute atomic E-state index is 10.3. The van der Waals surface area contributed by atoms with Gasteiger partial charge in [0, 0.05) is 0 Å². The molecule has 0 fully saturated rings. The minimum absolute atomic E-state index is 0.449. The van der Waals surface area contributed by atoms with E-state index in [9.17, 15) is 9.59 Å². The van der Waals surface area contributed by atoms with Gasteiger partial charge >= 0.3 is 0 Å². The second-order valence-electron chi connectivity index (χ2n) is 1.24. The van der Waals surface area contributed by atoms with Crippen LogP contribution in [0.25, 0.3) is 0 Å². The van der Waals surface area contributed by atoms with Gasteiger partial charge in [0.1, 0.15) is 0 Å². The van der Waals surface area contributed by atoms with Crippen LogP contribution in [0, 0.1) is 0 Å². The largest absolute Gasteiger partial charge is 0.287 e. The Balaban J connectivity index is 2.84. The van der Waals surface area contributed by atoms with E-state index < -0.39 is 15.7 Å². The molecule has 0 saturated carbocycles. The molecule has 0 aliphatic carbocycles. The van der Waals surface area contributed by atoms with Crippen LogP contribution in [0.15, 0.2) is 10.2 Å². The van der Waals surface area contributed by atoms with E-state index in [0.717, 1.165) is 0 Å². The summed E-state index contributed by atoms with van der Waals surface area (Å²) in [6, 6.07) is 0. The first-order valence-corrected chi connectivity index (χ1v) is 3.10. The lowest BCUT2D eigenvalue weighted by Gasteiger charge is -1.83. The SMILES string of the molecule is O=C1N=NC(=O)C1I. The number of amides is 2. The van der Waals surface area contributed by atoms with Gasteiger partial charge in [0.05, 0.1) is 0 Å². The van der Waals surface area contributed by atoms with E-state index >= 15 is 0 Å². The van der Waals surface area contributed by atoms with E-state index in [0.29, 0.717) is 0 Å². The normalized spacial score (nSPS) is 20.6. The summed E-state index contributed by atoms with van der Waals surface area (Å²) in [6.07, 6.45) is 0. The van der Waals surface area contributed by atoms with Crippen LogP contribution in [0.5, 0.6) is 0 Å². The number of alkyl halides is 1. The second kappa shape index (κ2) is 1.88. The monoisotopic (exact) mass is 224 g/mol. The Kier molecular flexibility index (Phi) is 1.37. The quantitative estimate of drug-likeness (QED) is 0.337. The topological polar surface area (TPSA) is 58.9 Å². The van der Waals surface area contributed by atoms with Gasteiger partial charge in [-0.2, -0.15) is 0 Å². The molecule has 0 radical (unpaired) electrons. The van der Waals surface area contributed by atoms with Crippen molar-refractivity contribution in [1.82, 2.24) is 0 Å². The highest BCUT2D eigenvalue weighted by atomic mass is 127. The smallest absolute Gasteiger partial charge is 0.269 e. The summed E-state index contributed by atoms with van der Waals surface area (Å²) in [5.41, 5.74) is 0. The Morgan fingerprint density at radius 1 is 1.25 bits per heavy atom. The Labute approximate surface area is 58.5 Å². The zero-order valence-electron chi connectivity index (χ0n) is 3.67. The maximum Gasteiger partial charge on any atom is 0.287 e. The van der Waals surface area contributed by atoms with Crippen LogP contribution < -0.4 is 0 Å². The van der Waals surface area contributed by atoms with Crippen LogP contribution in [-0.4, -0.2) is 15.7 Å². The number of halogens is 1. The van der Waals surface area contributed by atoms with Crippen molar-refractivity contribution in [2.45, 2.75) is 3.92 Å². The van der Waals surface area contributed by atoms with Crippen LogP contribution in [0.4, 0.5) is 0 Å². The lowest BCUT2D eigenvalue weighted by molar-refractivity contribution is -0.121. The molecular weight excluding hydrogens is 223 g/mol. The molecule has 8 heavy (non-hydrogen) atoms. The van der Waals surface area contributed by atoms with Gasteiger partial charge in [0.2, 0.25) is 0 Å². The van der Waals surface area contributed by atoms with Crippen molar-refractivity contribution < 1.29 is 9.59 Å². The lowest BCUT2D eigenvalue weighted by Crippen LogP contribution is -2.12. The number of hydrogen-bond acceptors (Lipinski definition) is 2. The predicted molar refractivity (Wildman–Crippen MR) is 32.7 cm³/mol. The number of nitrogens with zero attached hydrogens (tertiary/aromatic N) is 2. The van der Waals surface area contributed by atoms with Crippen molar-refractivity contribution in [3.05, 3.63) is 0 Å². The maximum atomic E-state index is 10.3. The molecule has 4 nitrogen and oxygen atoms in total. The fourth-order valence-electron chi connectivity index (χ4n) is 0.306. The summed E-state index contributed by atoms with van der Waals surface area (Å²) < 4.78 is -0.660. The first kappa shape index (κ1) is 5.80. The van der Waals surface area contributed by atoms with Crippen LogP contribution in [0.3, 0.4) is 0 Å². The molecule has 0 saturated heterocycles. The van der Waals surface area contributed by atoms with Crippen molar-refractivity contribution in [2.75, 3.05) is 0 Å². The van der Waals surface area contributed by atoms with E-state index in [1.807, 2.05) is 0 Å². The third-order valence-electron chi connectivity index (χ3n) is 0.681. The zero-order valence-corrected chi connectivity index (χ0v) is 5.82. The lowest BCUT2D eigenvalue weighted by atomic mass is 10.4. The molecule has 0 N–H and O–H groups in total. The van der Waals surface area contributed by atoms with Gasteiger partial charge < -0.3 is 0 Å². The molecule has 0 bridgehead atoms. The summed E-state index contributed by atoms with van der Waals surface area (Å²) in [6.45, 7) is 0. The summed E-state index contributed by atoms with van der Waals surface area (Å²) >= 11 is 1.70. The van der Waals surface area contributed by atoms with Gasteiger partial charge in [-0.15, -0.1) is 10.2 Å². The van der Waals surface area contributed by atoms with Crippen molar-refractivity contribution in [1.29, 1.82) is 0 Å². The Morgan fingerprint density at radius 3 is 1.75 bits per heavy atom. The molecule has 0 spiro atoms. The molecule has 5 heteroatoms. The summed E-state index contributed by atoms with van der Waals surface area (Å²) in [7, 11) is 0. The number of azo groups is 1. The number of carbonyl (C=O) groups is 2. The predicted octanol–water partition coefficient (Wildman–Crippen LogP) is 0.309. The van der Waals surface area contributed by atoms with Gasteiger partial charge in [-0.05, 0) is 0 Å². The average Bonchev–Trinajstić information content (AvgIpc) is 1.98. The van der Waals surface area contributed by atoms with Crippen LogP contribution in [-0.2, 0) is 9.59 Å². The van der Waals surface area contributed by atoms with E-state index in [-0.39, 0.29) is 0 Å². The second-order valence-corrected chi connectivity index (χ2v) is 2.48. The fraction of sp³-hybridized carbons (Fsp3) is 0.333. The molecule has 2 amide bonds. The molecule has 1 aliphatic rings. The van der Waals surface area contributed by atoms with Gasteiger partial charge in [-0.25, -0.2) is 0 Å². The number of rotatable bonds is 0. The molecule has 0 aromatic carbocycles. The molecule has 1 aliphatic heterocycles. The minimum Gasteiger partial charge on any atom is -0.269 e. The van der Waals surface area contributed by atoms with Crippen molar-refractivity contribution in [3.8, 4) is 0 Å². The van der Waals surface area contributed by atoms with E-state index in [1.54, 1.807) is 22.6 Å². The third-order valence-corrected chi connectivity index (χ3v) is 1.75. The third kappa shape index (κ3) is 0.770. The number of hydrogen-bond donors (Lipinski definition) is 0. The zero-order chi connectivity index (χ0) is 6.15. The van der Waals surface area contributed by atoms with Crippen molar-refractivity contribution in [3.63, 3.8) is 0 Å². The Morgan fingerprint density at radius 2 is 1.62 bits per heavy atom. The molecule has 1 rings (SSSR count). The number of carbonyl (C=O) groups excluding carboxylic acids is 2. The minimum atomic E-state index is -0.660. The molecule has 0 aromatic heterocycles. The first-order chi connectivity index (χ1) is 3.72. The highest BCUT2D eigenvalue weighted by Crippen LogP contribution is 2.11. The highest BCUT2D eigenvalue weighted by Gasteiger charge is 2.28. The van der Waals surface area contributed by atoms with E-state index in [4.69, 9.17) is 0 Å². The summed E-state index contributed by atoms with van der Waals surface area (Å²) in [4.78, 5) is 20.6. The Hall–Kier alpha value is -0.330.